The Labute approximate surface area is 342 Å². The van der Waals surface area contributed by atoms with Gasteiger partial charge in [-0.3, -0.25) is 13.8 Å². The first-order chi connectivity index (χ1) is 26.5. The van der Waals surface area contributed by atoms with Crippen molar-refractivity contribution in [2.24, 2.45) is 0 Å². The molecule has 0 aliphatic carbocycles. The summed E-state index contributed by atoms with van der Waals surface area (Å²) in [6.07, 6.45) is 42.8. The van der Waals surface area contributed by atoms with Crippen LogP contribution in [0.15, 0.2) is 0 Å². The van der Waals surface area contributed by atoms with Crippen LogP contribution < -0.4 is 5.32 Å². The first kappa shape index (κ1) is 54.5. The zero-order chi connectivity index (χ0) is 40.7. The Morgan fingerprint density at radius 3 is 1.22 bits per heavy atom. The Morgan fingerprint density at radius 2 is 0.873 bits per heavy atom. The Kier molecular flexibility index (Phi) is 38.6. The van der Waals surface area contributed by atoms with E-state index in [0.717, 1.165) is 38.5 Å². The van der Waals surface area contributed by atoms with E-state index >= 15 is 0 Å². The van der Waals surface area contributed by atoms with E-state index in [1.807, 2.05) is 21.1 Å². The third-order valence-electron chi connectivity index (χ3n) is 11.1. The average molecular weight is 804 g/mol. The van der Waals surface area contributed by atoms with Gasteiger partial charge < -0.3 is 19.8 Å². The molecule has 0 rings (SSSR count). The monoisotopic (exact) mass is 804 g/mol. The topological polar surface area (TPSA) is 105 Å². The number of hydrogen-bond donors (Lipinski definition) is 3. The van der Waals surface area contributed by atoms with Gasteiger partial charge in [-0.15, -0.1) is 0 Å². The molecule has 0 aromatic carbocycles. The van der Waals surface area contributed by atoms with Gasteiger partial charge in [0, 0.05) is 6.42 Å². The third-order valence-corrected chi connectivity index (χ3v) is 12.1. The molecule has 330 valence electrons. The summed E-state index contributed by atoms with van der Waals surface area (Å²) in [6, 6.07) is -0.752. The molecular weight excluding hydrogens is 707 g/mol. The summed E-state index contributed by atoms with van der Waals surface area (Å²) in [5, 5.41) is 13.9. The van der Waals surface area contributed by atoms with Crippen molar-refractivity contribution in [3.63, 3.8) is 0 Å². The van der Waals surface area contributed by atoms with Gasteiger partial charge in [0.05, 0.1) is 39.9 Å². The van der Waals surface area contributed by atoms with Crippen molar-refractivity contribution < 1.29 is 32.9 Å². The first-order valence-corrected chi connectivity index (χ1v) is 25.4. The first-order valence-electron chi connectivity index (χ1n) is 23.9. The van der Waals surface area contributed by atoms with Gasteiger partial charge in [0.1, 0.15) is 13.2 Å². The number of carbonyl (C=O) groups is 1. The number of aliphatic hydroxyl groups excluding tert-OH is 1. The van der Waals surface area contributed by atoms with Crippen LogP contribution in [0.2, 0.25) is 0 Å². The molecule has 0 heterocycles. The van der Waals surface area contributed by atoms with Gasteiger partial charge >= 0.3 is 7.82 Å². The van der Waals surface area contributed by atoms with Crippen LogP contribution in [0.3, 0.4) is 0 Å². The van der Waals surface area contributed by atoms with E-state index in [4.69, 9.17) is 9.05 Å². The summed E-state index contributed by atoms with van der Waals surface area (Å²) in [4.78, 5) is 23.1. The predicted molar refractivity (Wildman–Crippen MR) is 236 cm³/mol. The van der Waals surface area contributed by atoms with Crippen molar-refractivity contribution in [3.05, 3.63) is 0 Å². The lowest BCUT2D eigenvalue weighted by Gasteiger charge is -2.26. The summed E-state index contributed by atoms with van der Waals surface area (Å²) >= 11 is 0. The van der Waals surface area contributed by atoms with E-state index in [-0.39, 0.29) is 19.1 Å². The van der Waals surface area contributed by atoms with Gasteiger partial charge in [0.25, 0.3) is 0 Å². The highest BCUT2D eigenvalue weighted by atomic mass is 31.2. The summed E-state index contributed by atoms with van der Waals surface area (Å²) in [6.45, 7) is 4.90. The second-order valence-corrected chi connectivity index (χ2v) is 19.3. The lowest BCUT2D eigenvalue weighted by atomic mass is 10.0. The molecule has 3 N–H and O–H groups in total. The molecule has 0 saturated heterocycles. The highest BCUT2D eigenvalue weighted by molar-refractivity contribution is 7.47. The van der Waals surface area contributed by atoms with Gasteiger partial charge in [0.15, 0.2) is 0 Å². The second kappa shape index (κ2) is 39.0. The summed E-state index contributed by atoms with van der Waals surface area (Å²) < 4.78 is 23.6. The number of hydrogen-bond acceptors (Lipinski definition) is 5. The maximum atomic E-state index is 12.9. The number of quaternary nitrogens is 1. The molecule has 0 aromatic heterocycles. The smallest absolute Gasteiger partial charge is 0.391 e. The van der Waals surface area contributed by atoms with E-state index in [1.165, 1.54) is 173 Å². The van der Waals surface area contributed by atoms with E-state index in [9.17, 15) is 19.4 Å². The molecule has 55 heavy (non-hydrogen) atoms. The van der Waals surface area contributed by atoms with Crippen LogP contribution in [0.25, 0.3) is 0 Å². The Bertz CT molecular complexity index is 870. The summed E-state index contributed by atoms with van der Waals surface area (Å²) in [5.41, 5.74) is 0. The number of amides is 1. The minimum absolute atomic E-state index is 0.0785. The Balaban J connectivity index is 4.16. The van der Waals surface area contributed by atoms with Crippen molar-refractivity contribution in [1.29, 1.82) is 0 Å². The number of phosphoric acid groups is 1. The molecule has 0 aliphatic heterocycles. The molecule has 0 fully saturated rings. The molecule has 8 nitrogen and oxygen atoms in total. The molecule has 0 saturated carbocycles. The van der Waals surface area contributed by atoms with E-state index in [2.05, 4.69) is 19.2 Å². The van der Waals surface area contributed by atoms with Crippen LogP contribution in [0.4, 0.5) is 0 Å². The zero-order valence-corrected chi connectivity index (χ0v) is 38.3. The fourth-order valence-electron chi connectivity index (χ4n) is 7.28. The van der Waals surface area contributed by atoms with E-state index in [1.54, 1.807) is 0 Å². The highest BCUT2D eigenvalue weighted by Crippen LogP contribution is 2.43. The minimum atomic E-state index is -4.30. The quantitative estimate of drug-likeness (QED) is 0.0322. The van der Waals surface area contributed by atoms with Crippen molar-refractivity contribution in [1.82, 2.24) is 5.32 Å². The fourth-order valence-corrected chi connectivity index (χ4v) is 8.02. The Hall–Kier alpha value is -0.500. The Morgan fingerprint density at radius 1 is 0.545 bits per heavy atom. The van der Waals surface area contributed by atoms with Gasteiger partial charge in [-0.1, -0.05) is 219 Å². The van der Waals surface area contributed by atoms with E-state index < -0.39 is 20.0 Å². The van der Waals surface area contributed by atoms with Crippen molar-refractivity contribution in [2.45, 2.75) is 251 Å². The van der Waals surface area contributed by atoms with Crippen LogP contribution in [0, 0.1) is 0 Å². The highest BCUT2D eigenvalue weighted by Gasteiger charge is 2.28. The number of aliphatic hydroxyl groups is 1. The number of rotatable bonds is 44. The molecule has 0 aromatic rings. The van der Waals surface area contributed by atoms with E-state index in [0.29, 0.717) is 23.9 Å². The van der Waals surface area contributed by atoms with Gasteiger partial charge in [-0.2, -0.15) is 0 Å². The van der Waals surface area contributed by atoms with Crippen molar-refractivity contribution in [2.75, 3.05) is 40.9 Å². The molecule has 1 unspecified atom stereocenters. The number of nitrogens with one attached hydrogen (secondary N) is 1. The van der Waals surface area contributed by atoms with Crippen LogP contribution in [-0.4, -0.2) is 73.4 Å². The third kappa shape index (κ3) is 41.5. The normalized spacial score (nSPS) is 14.2. The van der Waals surface area contributed by atoms with Crippen LogP contribution in [0.1, 0.15) is 239 Å². The predicted octanol–water partition coefficient (Wildman–Crippen LogP) is 13.4. The number of nitrogens with zero attached hydrogens (tertiary/aromatic N) is 1. The standard InChI is InChI=1S/C46H95N2O6P/c1-6-8-10-12-14-16-18-19-20-21-22-23-24-25-26-27-28-30-32-34-36-38-40-46(50)47-44(43-54-55(51,52)53-42-41-48(3,4)5)45(49)39-37-35-33-31-29-17-15-13-11-9-7-2/h44-45,49H,6-43H2,1-5H3,(H-,47,50,51,52)/p+1/t44-,45+/m0/s1. The lowest BCUT2D eigenvalue weighted by Crippen LogP contribution is -2.46. The van der Waals surface area contributed by atoms with Crippen LogP contribution >= 0.6 is 7.82 Å². The zero-order valence-electron chi connectivity index (χ0n) is 37.4. The average Bonchev–Trinajstić information content (AvgIpc) is 3.13. The van der Waals surface area contributed by atoms with Crippen molar-refractivity contribution in [3.8, 4) is 0 Å². The van der Waals surface area contributed by atoms with Gasteiger partial charge in [-0.05, 0) is 12.8 Å². The molecule has 0 radical (unpaired) electrons. The summed E-state index contributed by atoms with van der Waals surface area (Å²) in [7, 11) is 1.63. The number of likely N-dealkylation sites (N-methyl/N-ethyl adjacent to an activating group) is 1. The molecule has 3 atom stereocenters. The number of carbonyl (C=O) groups excluding carboxylic acids is 1. The maximum Gasteiger partial charge on any atom is 0.472 e. The lowest BCUT2D eigenvalue weighted by molar-refractivity contribution is -0.870. The second-order valence-electron chi connectivity index (χ2n) is 17.9. The molecular formula is C46H96N2O6P+. The number of phosphoric ester groups is 1. The summed E-state index contributed by atoms with van der Waals surface area (Å²) in [5.74, 6) is -0.140. The minimum Gasteiger partial charge on any atom is -0.391 e. The number of unbranched alkanes of at least 4 members (excludes halogenated alkanes) is 31. The molecule has 0 aliphatic rings. The molecule has 9 heteroatoms. The molecule has 0 spiro atoms. The SMILES string of the molecule is CCCCCCCCCCCCCCCCCCCCCCCCC(=O)N[C@@H](COP(=O)(O)OCC[N+](C)(C)C)[C@H](O)CCCCCCCCCCCCC. The fraction of sp³-hybridized carbons (Fsp3) is 0.978. The maximum absolute atomic E-state index is 12.9. The van der Waals surface area contributed by atoms with Crippen molar-refractivity contribution >= 4 is 13.7 Å². The molecule has 0 bridgehead atoms. The molecule has 1 amide bonds. The van der Waals surface area contributed by atoms with Crippen LogP contribution in [0.5, 0.6) is 0 Å². The largest absolute Gasteiger partial charge is 0.472 e. The van der Waals surface area contributed by atoms with Gasteiger partial charge in [0.2, 0.25) is 5.91 Å². The van der Waals surface area contributed by atoms with Crippen LogP contribution in [-0.2, 0) is 18.4 Å². The van der Waals surface area contributed by atoms with Gasteiger partial charge in [-0.25, -0.2) is 4.57 Å².